The zero-order valence-electron chi connectivity index (χ0n) is 9.45. The van der Waals surface area contributed by atoms with E-state index in [0.29, 0.717) is 5.56 Å². The third-order valence-electron chi connectivity index (χ3n) is 3.22. The van der Waals surface area contributed by atoms with Crippen molar-refractivity contribution < 1.29 is 0 Å². The van der Waals surface area contributed by atoms with Gasteiger partial charge in [0.2, 0.25) is 0 Å². The smallest absolute Gasteiger partial charge is 0.101 e. The first-order chi connectivity index (χ1) is 7.88. The van der Waals surface area contributed by atoms with Gasteiger partial charge in [-0.25, -0.2) is 0 Å². The van der Waals surface area contributed by atoms with Gasteiger partial charge in [-0.1, -0.05) is 0 Å². The highest BCUT2D eigenvalue weighted by Gasteiger charge is 2.12. The van der Waals surface area contributed by atoms with Gasteiger partial charge in [0.1, 0.15) is 6.07 Å². The second-order valence-corrected chi connectivity index (χ2v) is 4.38. The average Bonchev–Trinajstić information content (AvgIpc) is 2.38. The van der Waals surface area contributed by atoms with Gasteiger partial charge < -0.3 is 5.32 Å². The summed E-state index contributed by atoms with van der Waals surface area (Å²) in [6, 6.07) is 5.91. The zero-order chi connectivity index (χ0) is 11.2. The molecular formula is C13H17N3. The van der Waals surface area contributed by atoms with Crippen molar-refractivity contribution in [1.29, 1.82) is 5.26 Å². The minimum atomic E-state index is 0.644. The van der Waals surface area contributed by atoms with Gasteiger partial charge in [0, 0.05) is 11.9 Å². The van der Waals surface area contributed by atoms with Gasteiger partial charge in [0.15, 0.2) is 0 Å². The first-order valence-corrected chi connectivity index (χ1v) is 5.94. The van der Waals surface area contributed by atoms with Crippen molar-refractivity contribution in [1.82, 2.24) is 10.3 Å². The summed E-state index contributed by atoms with van der Waals surface area (Å²) in [6.45, 7) is 2.32. The predicted molar refractivity (Wildman–Crippen MR) is 62.9 cm³/mol. The van der Waals surface area contributed by atoms with Crippen molar-refractivity contribution in [3.05, 3.63) is 29.6 Å². The van der Waals surface area contributed by atoms with Gasteiger partial charge in [-0.2, -0.15) is 5.26 Å². The van der Waals surface area contributed by atoms with Crippen LogP contribution in [0, 0.1) is 17.2 Å². The lowest BCUT2D eigenvalue weighted by Crippen LogP contribution is -2.27. The van der Waals surface area contributed by atoms with E-state index in [1.54, 1.807) is 6.20 Å². The number of aryl methyl sites for hydroxylation is 1. The minimum absolute atomic E-state index is 0.644. The number of nitrogens with zero attached hydrogens (tertiary/aromatic N) is 2. The van der Waals surface area contributed by atoms with Crippen LogP contribution in [0.5, 0.6) is 0 Å². The molecule has 16 heavy (non-hydrogen) atoms. The van der Waals surface area contributed by atoms with Gasteiger partial charge >= 0.3 is 0 Å². The molecule has 0 radical (unpaired) electrons. The summed E-state index contributed by atoms with van der Waals surface area (Å²) >= 11 is 0. The zero-order valence-corrected chi connectivity index (χ0v) is 9.45. The Kier molecular flexibility index (Phi) is 3.90. The predicted octanol–water partition coefficient (Wildman–Crippen LogP) is 1.89. The SMILES string of the molecule is N#Cc1ccc(CCC2CCNCC2)nc1. The first-order valence-electron chi connectivity index (χ1n) is 5.94. The summed E-state index contributed by atoms with van der Waals surface area (Å²) < 4.78 is 0. The van der Waals surface area contributed by atoms with Crippen LogP contribution >= 0.6 is 0 Å². The molecule has 1 aliphatic heterocycles. The molecule has 0 unspecified atom stereocenters. The molecule has 2 rings (SSSR count). The van der Waals surface area contributed by atoms with Crippen LogP contribution in [0.15, 0.2) is 18.3 Å². The molecule has 0 aliphatic carbocycles. The second kappa shape index (κ2) is 5.62. The fourth-order valence-corrected chi connectivity index (χ4v) is 2.16. The number of nitrogens with one attached hydrogen (secondary N) is 1. The molecule has 0 atom stereocenters. The van der Waals surface area contributed by atoms with Gasteiger partial charge in [0.25, 0.3) is 0 Å². The monoisotopic (exact) mass is 215 g/mol. The Labute approximate surface area is 96.5 Å². The van der Waals surface area contributed by atoms with Crippen LogP contribution in [0.25, 0.3) is 0 Å². The van der Waals surface area contributed by atoms with E-state index >= 15 is 0 Å². The van der Waals surface area contributed by atoms with Gasteiger partial charge in [-0.15, -0.1) is 0 Å². The topological polar surface area (TPSA) is 48.7 Å². The van der Waals surface area contributed by atoms with Crippen LogP contribution in [0.4, 0.5) is 0 Å². The van der Waals surface area contributed by atoms with Crippen molar-refractivity contribution in [2.45, 2.75) is 25.7 Å². The highest BCUT2D eigenvalue weighted by Crippen LogP contribution is 2.18. The summed E-state index contributed by atoms with van der Waals surface area (Å²) in [4.78, 5) is 4.30. The molecule has 0 bridgehead atoms. The number of aromatic nitrogens is 1. The summed E-state index contributed by atoms with van der Waals surface area (Å²) in [6.07, 6.45) is 6.50. The Hall–Kier alpha value is -1.40. The number of pyridine rings is 1. The van der Waals surface area contributed by atoms with Crippen molar-refractivity contribution in [3.63, 3.8) is 0 Å². The number of nitriles is 1. The Morgan fingerprint density at radius 2 is 2.19 bits per heavy atom. The molecule has 84 valence electrons. The van der Waals surface area contributed by atoms with Gasteiger partial charge in [-0.05, 0) is 56.8 Å². The number of hydrogen-bond donors (Lipinski definition) is 1. The molecule has 2 heterocycles. The summed E-state index contributed by atoms with van der Waals surface area (Å²) in [5.41, 5.74) is 1.75. The molecule has 1 fully saturated rings. The van der Waals surface area contributed by atoms with E-state index < -0.39 is 0 Å². The van der Waals surface area contributed by atoms with Crippen LogP contribution in [0.3, 0.4) is 0 Å². The summed E-state index contributed by atoms with van der Waals surface area (Å²) in [5, 5.41) is 12.0. The molecule has 1 saturated heterocycles. The van der Waals surface area contributed by atoms with Crippen LogP contribution < -0.4 is 5.32 Å². The van der Waals surface area contributed by atoms with Crippen LogP contribution in [-0.4, -0.2) is 18.1 Å². The molecule has 3 nitrogen and oxygen atoms in total. The summed E-state index contributed by atoms with van der Waals surface area (Å²) in [7, 11) is 0. The van der Waals surface area contributed by atoms with Crippen LogP contribution in [0.2, 0.25) is 0 Å². The molecule has 0 saturated carbocycles. The van der Waals surface area contributed by atoms with E-state index in [1.807, 2.05) is 12.1 Å². The van der Waals surface area contributed by atoms with Crippen LogP contribution in [-0.2, 0) is 6.42 Å². The normalized spacial score (nSPS) is 16.9. The Morgan fingerprint density at radius 1 is 1.38 bits per heavy atom. The van der Waals surface area contributed by atoms with E-state index in [2.05, 4.69) is 16.4 Å². The van der Waals surface area contributed by atoms with Crippen molar-refractivity contribution in [2.75, 3.05) is 13.1 Å². The standard InChI is InChI=1S/C13H17N3/c14-9-12-2-4-13(16-10-12)3-1-11-5-7-15-8-6-11/h2,4,10-11,15H,1,3,5-8H2. The maximum absolute atomic E-state index is 8.67. The molecule has 0 spiro atoms. The lowest BCUT2D eigenvalue weighted by atomic mass is 9.92. The molecule has 3 heteroatoms. The molecular weight excluding hydrogens is 198 g/mol. The van der Waals surface area contributed by atoms with E-state index in [9.17, 15) is 0 Å². The number of piperidine rings is 1. The Bertz CT molecular complexity index is 358. The van der Waals surface area contributed by atoms with E-state index in [0.717, 1.165) is 31.1 Å². The Balaban J connectivity index is 1.82. The lowest BCUT2D eigenvalue weighted by molar-refractivity contribution is 0.353. The number of hydrogen-bond acceptors (Lipinski definition) is 3. The fraction of sp³-hybridized carbons (Fsp3) is 0.538. The van der Waals surface area contributed by atoms with Gasteiger partial charge in [-0.3, -0.25) is 4.98 Å². The molecule has 1 aromatic rings. The first kappa shape index (κ1) is 11.1. The highest BCUT2D eigenvalue weighted by atomic mass is 14.9. The largest absolute Gasteiger partial charge is 0.317 e. The maximum atomic E-state index is 8.67. The quantitative estimate of drug-likeness (QED) is 0.837. The summed E-state index contributed by atoms with van der Waals surface area (Å²) in [5.74, 6) is 0.846. The third kappa shape index (κ3) is 3.04. The van der Waals surface area contributed by atoms with Crippen molar-refractivity contribution >= 4 is 0 Å². The van der Waals surface area contributed by atoms with E-state index in [-0.39, 0.29) is 0 Å². The lowest BCUT2D eigenvalue weighted by Gasteiger charge is -2.22. The Morgan fingerprint density at radius 3 is 2.81 bits per heavy atom. The molecule has 1 N–H and O–H groups in total. The number of rotatable bonds is 3. The molecule has 1 aromatic heterocycles. The van der Waals surface area contributed by atoms with Crippen molar-refractivity contribution in [3.8, 4) is 6.07 Å². The van der Waals surface area contributed by atoms with E-state index in [1.165, 1.54) is 19.3 Å². The highest BCUT2D eigenvalue weighted by molar-refractivity contribution is 5.26. The average molecular weight is 215 g/mol. The third-order valence-corrected chi connectivity index (χ3v) is 3.22. The minimum Gasteiger partial charge on any atom is -0.317 e. The van der Waals surface area contributed by atoms with Gasteiger partial charge in [0.05, 0.1) is 5.56 Å². The maximum Gasteiger partial charge on any atom is 0.101 e. The molecule has 1 aliphatic rings. The van der Waals surface area contributed by atoms with Crippen LogP contribution in [0.1, 0.15) is 30.5 Å². The van der Waals surface area contributed by atoms with E-state index in [4.69, 9.17) is 5.26 Å². The molecule has 0 aromatic carbocycles. The fourth-order valence-electron chi connectivity index (χ4n) is 2.16. The van der Waals surface area contributed by atoms with Crippen molar-refractivity contribution in [2.24, 2.45) is 5.92 Å². The molecule has 0 amide bonds. The second-order valence-electron chi connectivity index (χ2n) is 4.38.